The van der Waals surface area contributed by atoms with E-state index in [9.17, 15) is 14.4 Å². The van der Waals surface area contributed by atoms with Gasteiger partial charge in [0.2, 0.25) is 0 Å². The predicted octanol–water partition coefficient (Wildman–Crippen LogP) is 2.13. The third-order valence-corrected chi connectivity index (χ3v) is 3.39. The number of hydrogen-bond donors (Lipinski definition) is 0. The van der Waals surface area contributed by atoms with Crippen LogP contribution in [0.5, 0.6) is 0 Å². The second kappa shape index (κ2) is 8.17. The van der Waals surface area contributed by atoms with E-state index in [1.54, 1.807) is 34.6 Å². The summed E-state index contributed by atoms with van der Waals surface area (Å²) in [5, 5.41) is 0. The molecule has 0 N–H and O–H groups in total. The van der Waals surface area contributed by atoms with E-state index in [1.807, 2.05) is 0 Å². The Kier molecular flexibility index (Phi) is 6.84. The van der Waals surface area contributed by atoms with Gasteiger partial charge < -0.3 is 19.1 Å². The fourth-order valence-corrected chi connectivity index (χ4v) is 2.56. The lowest BCUT2D eigenvalue weighted by Gasteiger charge is -2.31. The zero-order valence-electron chi connectivity index (χ0n) is 14.6. The molecule has 0 aromatic carbocycles. The summed E-state index contributed by atoms with van der Waals surface area (Å²) in [5.74, 6) is -2.46. The largest absolute Gasteiger partial charge is 0.465 e. The van der Waals surface area contributed by atoms with Crippen molar-refractivity contribution < 1.29 is 28.6 Å². The van der Waals surface area contributed by atoms with Gasteiger partial charge in [-0.05, 0) is 47.5 Å². The summed E-state index contributed by atoms with van der Waals surface area (Å²) in [7, 11) is 0. The molecule has 1 atom stereocenters. The van der Waals surface area contributed by atoms with Crippen molar-refractivity contribution >= 4 is 18.0 Å². The first-order valence-electron chi connectivity index (χ1n) is 8.04. The summed E-state index contributed by atoms with van der Waals surface area (Å²) < 4.78 is 15.4. The van der Waals surface area contributed by atoms with E-state index in [0.717, 1.165) is 0 Å². The summed E-state index contributed by atoms with van der Waals surface area (Å²) >= 11 is 0. The van der Waals surface area contributed by atoms with Gasteiger partial charge in [-0.1, -0.05) is 0 Å². The molecule has 1 amide bonds. The van der Waals surface area contributed by atoms with Crippen molar-refractivity contribution in [3.63, 3.8) is 0 Å². The van der Waals surface area contributed by atoms with Crippen molar-refractivity contribution in [3.05, 3.63) is 0 Å². The summed E-state index contributed by atoms with van der Waals surface area (Å²) in [5.41, 5.74) is -0.645. The Bertz CT molecular complexity index is 424. The number of hydrogen-bond acceptors (Lipinski definition) is 6. The monoisotopic (exact) mass is 329 g/mol. The molecule has 23 heavy (non-hydrogen) atoms. The molecule has 1 fully saturated rings. The Labute approximate surface area is 137 Å². The lowest BCUT2D eigenvalue weighted by atomic mass is 9.97. The highest BCUT2D eigenvalue weighted by Gasteiger charge is 2.45. The van der Waals surface area contributed by atoms with E-state index in [-0.39, 0.29) is 13.2 Å². The van der Waals surface area contributed by atoms with Gasteiger partial charge in [-0.25, -0.2) is 4.79 Å². The highest BCUT2D eigenvalue weighted by Crippen LogP contribution is 2.28. The third kappa shape index (κ3) is 5.41. The van der Waals surface area contributed by atoms with Gasteiger partial charge in [-0.3, -0.25) is 9.59 Å². The van der Waals surface area contributed by atoms with Crippen LogP contribution in [0.1, 0.15) is 47.5 Å². The van der Waals surface area contributed by atoms with Crippen molar-refractivity contribution in [2.24, 2.45) is 5.92 Å². The van der Waals surface area contributed by atoms with E-state index in [2.05, 4.69) is 0 Å². The zero-order valence-corrected chi connectivity index (χ0v) is 14.6. The first-order valence-corrected chi connectivity index (χ1v) is 8.04. The van der Waals surface area contributed by atoms with Gasteiger partial charge >= 0.3 is 18.0 Å². The van der Waals surface area contributed by atoms with Crippen molar-refractivity contribution in [3.8, 4) is 0 Å². The lowest BCUT2D eigenvalue weighted by Crippen LogP contribution is -2.48. The molecular formula is C16H27NO6. The molecule has 1 aliphatic rings. The van der Waals surface area contributed by atoms with Crippen molar-refractivity contribution in [2.75, 3.05) is 19.8 Å². The standard InChI is InChI=1S/C16H27NO6/c1-6-21-13(18)12(14(19)22-7-2)11-9-8-10-17(11)15(20)23-16(3,4)5/h11-12H,6-10H2,1-5H3. The molecule has 0 aromatic rings. The average Bonchev–Trinajstić information content (AvgIpc) is 2.86. The first-order chi connectivity index (χ1) is 10.7. The number of esters is 2. The lowest BCUT2D eigenvalue weighted by molar-refractivity contribution is -0.164. The van der Waals surface area contributed by atoms with Crippen LogP contribution < -0.4 is 0 Å². The fraction of sp³-hybridized carbons (Fsp3) is 0.812. The second-order valence-corrected chi connectivity index (χ2v) is 6.37. The Morgan fingerprint density at radius 3 is 2.04 bits per heavy atom. The normalized spacial score (nSPS) is 18.0. The van der Waals surface area contributed by atoms with Crippen LogP contribution in [0.2, 0.25) is 0 Å². The quantitative estimate of drug-likeness (QED) is 0.436. The Morgan fingerprint density at radius 1 is 1.09 bits per heavy atom. The van der Waals surface area contributed by atoms with Crippen LogP contribution in [-0.4, -0.2) is 54.3 Å². The van der Waals surface area contributed by atoms with Crippen LogP contribution in [0.4, 0.5) is 4.79 Å². The van der Waals surface area contributed by atoms with Crippen LogP contribution in [0.15, 0.2) is 0 Å². The van der Waals surface area contributed by atoms with Crippen LogP contribution >= 0.6 is 0 Å². The zero-order chi connectivity index (χ0) is 17.6. The Balaban J connectivity index is 2.96. The van der Waals surface area contributed by atoms with Crippen LogP contribution in [-0.2, 0) is 23.8 Å². The summed E-state index contributed by atoms with van der Waals surface area (Å²) in [4.78, 5) is 38.2. The molecule has 0 saturated carbocycles. The van der Waals surface area contributed by atoms with Gasteiger partial charge in [0, 0.05) is 6.54 Å². The Hall–Kier alpha value is -1.79. The average molecular weight is 329 g/mol. The molecule has 1 aliphatic heterocycles. The first kappa shape index (κ1) is 19.3. The summed E-state index contributed by atoms with van der Waals surface area (Å²) in [6.07, 6.45) is 0.694. The molecule has 0 spiro atoms. The minimum absolute atomic E-state index is 0.161. The summed E-state index contributed by atoms with van der Waals surface area (Å²) in [6, 6.07) is -0.594. The van der Waals surface area contributed by atoms with E-state index in [0.29, 0.717) is 19.4 Å². The molecule has 1 heterocycles. The smallest absolute Gasteiger partial charge is 0.410 e. The van der Waals surface area contributed by atoms with Gasteiger partial charge in [0.25, 0.3) is 0 Å². The molecule has 0 radical (unpaired) electrons. The molecule has 0 aliphatic carbocycles. The maximum absolute atomic E-state index is 12.3. The van der Waals surface area contributed by atoms with E-state index < -0.39 is 35.6 Å². The molecule has 1 rings (SSSR count). The van der Waals surface area contributed by atoms with Crippen LogP contribution in [0, 0.1) is 5.92 Å². The number of amides is 1. The maximum Gasteiger partial charge on any atom is 0.410 e. The van der Waals surface area contributed by atoms with Crippen molar-refractivity contribution in [1.29, 1.82) is 0 Å². The Morgan fingerprint density at radius 2 is 1.61 bits per heavy atom. The van der Waals surface area contributed by atoms with Crippen molar-refractivity contribution in [1.82, 2.24) is 4.90 Å². The molecule has 0 aromatic heterocycles. The van der Waals surface area contributed by atoms with E-state index in [4.69, 9.17) is 14.2 Å². The minimum Gasteiger partial charge on any atom is -0.465 e. The highest BCUT2D eigenvalue weighted by atomic mass is 16.6. The second-order valence-electron chi connectivity index (χ2n) is 6.37. The third-order valence-electron chi connectivity index (χ3n) is 3.39. The van der Waals surface area contributed by atoms with Gasteiger partial charge in [-0.15, -0.1) is 0 Å². The molecule has 132 valence electrons. The van der Waals surface area contributed by atoms with E-state index >= 15 is 0 Å². The van der Waals surface area contributed by atoms with Crippen LogP contribution in [0.25, 0.3) is 0 Å². The molecule has 1 saturated heterocycles. The number of carbonyl (C=O) groups is 3. The number of nitrogens with zero attached hydrogens (tertiary/aromatic N) is 1. The molecule has 7 nitrogen and oxygen atoms in total. The van der Waals surface area contributed by atoms with Gasteiger partial charge in [0.05, 0.1) is 19.3 Å². The highest BCUT2D eigenvalue weighted by molar-refractivity contribution is 5.96. The molecular weight excluding hydrogens is 302 g/mol. The number of carbonyl (C=O) groups excluding carboxylic acids is 3. The topological polar surface area (TPSA) is 82.1 Å². The van der Waals surface area contributed by atoms with Crippen molar-refractivity contribution in [2.45, 2.75) is 59.1 Å². The van der Waals surface area contributed by atoms with Gasteiger partial charge in [0.1, 0.15) is 5.60 Å². The molecule has 0 bridgehead atoms. The van der Waals surface area contributed by atoms with Crippen LogP contribution in [0.3, 0.4) is 0 Å². The predicted molar refractivity (Wildman–Crippen MR) is 82.7 cm³/mol. The number of rotatable bonds is 5. The van der Waals surface area contributed by atoms with E-state index in [1.165, 1.54) is 4.90 Å². The van der Waals surface area contributed by atoms with Gasteiger partial charge in [0.15, 0.2) is 5.92 Å². The summed E-state index contributed by atoms with van der Waals surface area (Å²) in [6.45, 7) is 9.40. The van der Waals surface area contributed by atoms with Gasteiger partial charge in [-0.2, -0.15) is 0 Å². The fourth-order valence-electron chi connectivity index (χ4n) is 2.56. The minimum atomic E-state index is -1.13. The maximum atomic E-state index is 12.3. The number of likely N-dealkylation sites (tertiary alicyclic amines) is 1. The SMILES string of the molecule is CCOC(=O)C(C(=O)OCC)C1CCCN1C(=O)OC(C)(C)C. The number of ether oxygens (including phenoxy) is 3. The molecule has 1 unspecified atom stereocenters. The molecule has 7 heteroatoms.